The van der Waals surface area contributed by atoms with Crippen LogP contribution in [0.2, 0.25) is 0 Å². The zero-order valence-electron chi connectivity index (χ0n) is 12.5. The summed E-state index contributed by atoms with van der Waals surface area (Å²) in [7, 11) is 0. The third-order valence-electron chi connectivity index (χ3n) is 4.73. The van der Waals surface area contributed by atoms with Crippen molar-refractivity contribution in [1.82, 2.24) is 0 Å². The van der Waals surface area contributed by atoms with Crippen molar-refractivity contribution in [1.29, 1.82) is 0 Å². The van der Waals surface area contributed by atoms with Gasteiger partial charge in [0, 0.05) is 5.92 Å². The van der Waals surface area contributed by atoms with Crippen molar-refractivity contribution in [3.8, 4) is 0 Å². The molecule has 2 saturated heterocycles. The second kappa shape index (κ2) is 6.55. The summed E-state index contributed by atoms with van der Waals surface area (Å²) in [6.07, 6.45) is 2.30. The molecule has 0 aromatic heterocycles. The van der Waals surface area contributed by atoms with Crippen LogP contribution in [0.15, 0.2) is 0 Å². The smallest absolute Gasteiger partial charge is 0.344 e. The SMILES string of the molecule is O=COCC(=O)OCC(=O)OC1C2CC3CC(C2)C(=O)OC1C3. The number of rotatable bonds is 6. The topological polar surface area (TPSA) is 105 Å². The summed E-state index contributed by atoms with van der Waals surface area (Å²) >= 11 is 0. The van der Waals surface area contributed by atoms with Crippen molar-refractivity contribution >= 4 is 24.4 Å². The molecule has 5 atom stereocenters. The molecule has 0 N–H and O–H groups in total. The molecule has 0 radical (unpaired) electrons. The largest absolute Gasteiger partial charge is 0.458 e. The highest BCUT2D eigenvalue weighted by Gasteiger charge is 2.51. The van der Waals surface area contributed by atoms with Gasteiger partial charge in [0.1, 0.15) is 12.2 Å². The van der Waals surface area contributed by atoms with Crippen LogP contribution in [0.1, 0.15) is 25.7 Å². The van der Waals surface area contributed by atoms with Crippen molar-refractivity contribution in [2.45, 2.75) is 37.9 Å². The van der Waals surface area contributed by atoms with Gasteiger partial charge in [0.15, 0.2) is 13.2 Å². The van der Waals surface area contributed by atoms with E-state index in [1.54, 1.807) is 0 Å². The van der Waals surface area contributed by atoms with E-state index in [0.717, 1.165) is 12.8 Å². The van der Waals surface area contributed by atoms with Gasteiger partial charge in [-0.25, -0.2) is 9.59 Å². The minimum atomic E-state index is -0.831. The maximum Gasteiger partial charge on any atom is 0.344 e. The van der Waals surface area contributed by atoms with Crippen molar-refractivity contribution in [3.05, 3.63) is 0 Å². The quantitative estimate of drug-likeness (QED) is 0.381. The first-order valence-electron chi connectivity index (χ1n) is 7.67. The minimum Gasteiger partial charge on any atom is -0.458 e. The first-order chi connectivity index (χ1) is 11.1. The molecule has 23 heavy (non-hydrogen) atoms. The third kappa shape index (κ3) is 3.46. The molecule has 4 aliphatic rings. The van der Waals surface area contributed by atoms with Gasteiger partial charge in [-0.15, -0.1) is 0 Å². The number of esters is 3. The van der Waals surface area contributed by atoms with Crippen molar-refractivity contribution in [2.24, 2.45) is 17.8 Å². The summed E-state index contributed by atoms with van der Waals surface area (Å²) in [4.78, 5) is 44.9. The van der Waals surface area contributed by atoms with Crippen LogP contribution in [0.4, 0.5) is 0 Å². The van der Waals surface area contributed by atoms with Crippen LogP contribution in [-0.2, 0) is 38.1 Å². The van der Waals surface area contributed by atoms with Gasteiger partial charge in [0.05, 0.1) is 5.92 Å². The normalized spacial score (nSPS) is 34.3. The first kappa shape index (κ1) is 15.8. The number of ether oxygens (including phenoxy) is 4. The maximum absolute atomic E-state index is 11.9. The number of fused-ring (bicyclic) bond motifs is 1. The molecule has 0 spiro atoms. The van der Waals surface area contributed by atoms with E-state index in [1.807, 2.05) is 0 Å². The zero-order valence-corrected chi connectivity index (χ0v) is 12.5. The Morgan fingerprint density at radius 1 is 1.13 bits per heavy atom. The van der Waals surface area contributed by atoms with Gasteiger partial charge in [-0.3, -0.25) is 9.59 Å². The highest BCUT2D eigenvalue weighted by atomic mass is 16.6. The molecule has 2 saturated carbocycles. The van der Waals surface area contributed by atoms with Crippen LogP contribution >= 0.6 is 0 Å². The molecular formula is C15H18O8. The van der Waals surface area contributed by atoms with E-state index in [4.69, 9.17) is 9.47 Å². The molecule has 0 amide bonds. The van der Waals surface area contributed by atoms with Gasteiger partial charge in [-0.05, 0) is 31.6 Å². The van der Waals surface area contributed by atoms with Gasteiger partial charge in [0.25, 0.3) is 6.47 Å². The van der Waals surface area contributed by atoms with Gasteiger partial charge in [-0.1, -0.05) is 0 Å². The fraction of sp³-hybridized carbons (Fsp3) is 0.733. The van der Waals surface area contributed by atoms with E-state index < -0.39 is 37.4 Å². The summed E-state index contributed by atoms with van der Waals surface area (Å²) in [6, 6.07) is 0. The van der Waals surface area contributed by atoms with Crippen molar-refractivity contribution < 1.29 is 38.1 Å². The summed E-state index contributed by atoms with van der Waals surface area (Å²) in [5.41, 5.74) is 0. The predicted molar refractivity (Wildman–Crippen MR) is 71.7 cm³/mol. The van der Waals surface area contributed by atoms with Crippen LogP contribution in [-0.4, -0.2) is 49.8 Å². The molecule has 5 unspecified atom stereocenters. The number of carbonyl (C=O) groups excluding carboxylic acids is 4. The summed E-state index contributed by atoms with van der Waals surface area (Å²) in [6.45, 7) is -0.990. The highest BCUT2D eigenvalue weighted by molar-refractivity contribution is 5.78. The molecule has 0 aromatic rings. The lowest BCUT2D eigenvalue weighted by Gasteiger charge is -2.41. The summed E-state index contributed by atoms with van der Waals surface area (Å²) < 4.78 is 19.7. The molecule has 8 nitrogen and oxygen atoms in total. The van der Waals surface area contributed by atoms with Gasteiger partial charge >= 0.3 is 17.9 Å². The average molecular weight is 326 g/mol. The van der Waals surface area contributed by atoms with E-state index in [2.05, 4.69) is 9.47 Å². The Hall–Kier alpha value is -2.12. The average Bonchev–Trinajstić information content (AvgIpc) is 2.69. The summed E-state index contributed by atoms with van der Waals surface area (Å²) in [5, 5.41) is 0. The Morgan fingerprint density at radius 2 is 1.96 bits per heavy atom. The Bertz CT molecular complexity index is 516. The molecule has 8 heteroatoms. The summed E-state index contributed by atoms with van der Waals surface area (Å²) in [5.74, 6) is -1.25. The number of hydrogen-bond donors (Lipinski definition) is 0. The van der Waals surface area contributed by atoms with Gasteiger partial charge in [0.2, 0.25) is 0 Å². The van der Waals surface area contributed by atoms with Crippen LogP contribution < -0.4 is 0 Å². The lowest BCUT2D eigenvalue weighted by molar-refractivity contribution is -0.179. The fourth-order valence-corrected chi connectivity index (χ4v) is 3.91. The maximum atomic E-state index is 11.9. The predicted octanol–water partition coefficient (Wildman–Crippen LogP) is -0.0240. The van der Waals surface area contributed by atoms with E-state index in [-0.39, 0.29) is 24.3 Å². The van der Waals surface area contributed by atoms with Crippen LogP contribution in [0.25, 0.3) is 0 Å². The van der Waals surface area contributed by atoms with E-state index in [9.17, 15) is 19.2 Å². The van der Waals surface area contributed by atoms with E-state index in [0.29, 0.717) is 18.8 Å². The molecule has 2 aliphatic heterocycles. The third-order valence-corrected chi connectivity index (χ3v) is 4.73. The standard InChI is InChI=1S/C15H18O8/c16-7-20-5-12(17)21-6-13(18)23-14-9-1-8-2-10(4-9)15(19)22-11(14)3-8/h7-11,14H,1-6H2. The molecule has 2 aliphatic carbocycles. The highest BCUT2D eigenvalue weighted by Crippen LogP contribution is 2.48. The molecule has 4 bridgehead atoms. The van der Waals surface area contributed by atoms with E-state index >= 15 is 0 Å². The van der Waals surface area contributed by atoms with Crippen LogP contribution in [0.3, 0.4) is 0 Å². The zero-order chi connectivity index (χ0) is 16.4. The monoisotopic (exact) mass is 326 g/mol. The minimum absolute atomic E-state index is 0.0919. The van der Waals surface area contributed by atoms with Crippen LogP contribution in [0.5, 0.6) is 0 Å². The molecule has 126 valence electrons. The fourth-order valence-electron chi connectivity index (χ4n) is 3.91. The van der Waals surface area contributed by atoms with Gasteiger partial charge in [-0.2, -0.15) is 0 Å². The Morgan fingerprint density at radius 3 is 2.74 bits per heavy atom. The molecule has 2 heterocycles. The molecule has 0 aromatic carbocycles. The van der Waals surface area contributed by atoms with Crippen LogP contribution in [0, 0.1) is 17.8 Å². The number of hydrogen-bond acceptors (Lipinski definition) is 8. The van der Waals surface area contributed by atoms with Crippen molar-refractivity contribution in [2.75, 3.05) is 13.2 Å². The molecule has 4 rings (SSSR count). The van der Waals surface area contributed by atoms with Crippen molar-refractivity contribution in [3.63, 3.8) is 0 Å². The molecular weight excluding hydrogens is 308 g/mol. The second-order valence-corrected chi connectivity index (χ2v) is 6.26. The Balaban J connectivity index is 1.53. The Labute approximate surface area is 132 Å². The second-order valence-electron chi connectivity index (χ2n) is 6.26. The lowest BCUT2D eigenvalue weighted by Crippen LogP contribution is -2.45. The molecule has 4 fully saturated rings. The Kier molecular flexibility index (Phi) is 4.49. The number of carbonyl (C=O) groups is 4. The van der Waals surface area contributed by atoms with Gasteiger partial charge < -0.3 is 18.9 Å². The lowest BCUT2D eigenvalue weighted by atomic mass is 9.67. The first-order valence-corrected chi connectivity index (χ1v) is 7.67. The van der Waals surface area contributed by atoms with E-state index in [1.165, 1.54) is 0 Å².